The maximum atomic E-state index is 15.6. The Morgan fingerprint density at radius 2 is 1.78 bits per heavy atom. The summed E-state index contributed by atoms with van der Waals surface area (Å²) in [6.45, 7) is -1.41. The molecular weight excluding hydrogens is 906 g/mol. The van der Waals surface area contributed by atoms with Crippen molar-refractivity contribution in [3.8, 4) is 22.6 Å². The summed E-state index contributed by atoms with van der Waals surface area (Å²) in [6, 6.07) is 13.3. The fourth-order valence-electron chi connectivity index (χ4n) is 8.86. The van der Waals surface area contributed by atoms with Gasteiger partial charge in [0.15, 0.2) is 5.82 Å². The van der Waals surface area contributed by atoms with Gasteiger partial charge in [-0.1, -0.05) is 23.7 Å². The SMILES string of the molecule is COc1ccc(-c2ccc3c(=O)n(-c4ccc(Cl)c5c(NS(C)(=O)=O)nn(C)c45)c([C@H](Cc4cc(F)cc(F)c4)NC(=O)Cn4nc(C(F)F)c5c4C(F)(F)[C@@H]4C[C@H]54)nc3c2)c(CO)c1. The molecule has 0 unspecified atom stereocenters. The monoisotopic (exact) mass is 940 g/mol. The Labute approximate surface area is 369 Å². The first-order valence-electron chi connectivity index (χ1n) is 19.8. The molecule has 338 valence electrons. The van der Waals surface area contributed by atoms with E-state index in [1.165, 1.54) is 43.1 Å². The van der Waals surface area contributed by atoms with Crippen LogP contribution in [0.2, 0.25) is 5.02 Å². The first-order chi connectivity index (χ1) is 30.8. The molecule has 3 heterocycles. The number of benzene rings is 4. The van der Waals surface area contributed by atoms with Gasteiger partial charge < -0.3 is 15.2 Å². The maximum absolute atomic E-state index is 15.6. The maximum Gasteiger partial charge on any atom is 0.293 e. The van der Waals surface area contributed by atoms with Crippen LogP contribution in [-0.2, 0) is 47.4 Å². The number of aliphatic hydroxyl groups excluding tert-OH is 1. The highest BCUT2D eigenvalue weighted by Crippen LogP contribution is 2.68. The fourth-order valence-corrected chi connectivity index (χ4v) is 9.59. The summed E-state index contributed by atoms with van der Waals surface area (Å²) in [6.07, 6.45) is -2.84. The van der Waals surface area contributed by atoms with Crippen LogP contribution in [0.3, 0.4) is 0 Å². The van der Waals surface area contributed by atoms with Crippen LogP contribution >= 0.6 is 11.6 Å². The zero-order chi connectivity index (χ0) is 46.4. The number of amides is 1. The van der Waals surface area contributed by atoms with Crippen LogP contribution < -0.4 is 20.3 Å². The number of methoxy groups -OCH3 is 1. The van der Waals surface area contributed by atoms with E-state index < -0.39 is 94.3 Å². The highest BCUT2D eigenvalue weighted by Gasteiger charge is 2.67. The molecule has 9 rings (SSSR count). The Hall–Kier alpha value is -6.45. The summed E-state index contributed by atoms with van der Waals surface area (Å²) >= 11 is 6.64. The summed E-state index contributed by atoms with van der Waals surface area (Å²) in [5.41, 5.74) is -1.22. The number of ether oxygens (including phenoxy) is 1. The van der Waals surface area contributed by atoms with E-state index in [0.717, 1.165) is 23.0 Å². The predicted octanol–water partition coefficient (Wildman–Crippen LogP) is 7.19. The lowest BCUT2D eigenvalue weighted by atomic mass is 9.98. The van der Waals surface area contributed by atoms with Crippen molar-refractivity contribution in [2.75, 3.05) is 18.1 Å². The summed E-state index contributed by atoms with van der Waals surface area (Å²) in [5.74, 6) is -8.73. The highest BCUT2D eigenvalue weighted by atomic mass is 35.5. The van der Waals surface area contributed by atoms with Crippen molar-refractivity contribution in [3.05, 3.63) is 128 Å². The molecule has 1 fully saturated rings. The number of aliphatic hydroxyl groups is 1. The number of aromatic nitrogens is 6. The number of nitrogens with one attached hydrogen (secondary N) is 2. The van der Waals surface area contributed by atoms with Crippen molar-refractivity contribution in [3.63, 3.8) is 0 Å². The van der Waals surface area contributed by atoms with E-state index in [1.54, 1.807) is 24.3 Å². The van der Waals surface area contributed by atoms with E-state index in [9.17, 15) is 35.9 Å². The standard InChI is InChI=1S/C43H35ClF6N8O6S/c1-56-37-32(9-8-29(44)35(37)40(54-56)55-65(3,62)63)58-41(52-30-14-20(4-6-26(30)42(58)61)25-7-5-24(64-2)13-21(25)18-59)31(12-19-10-22(45)15-23(46)11-19)51-33(60)17-57-38-34(36(53-57)39(47)48)27-16-28(27)43(38,49)50/h4-11,13-15,27-28,31,39,59H,12,16-18H2,1-3H3,(H,51,60)(H,54,55)/t27-,28+,31-/m0/s1. The fraction of sp³-hybridized carbons (Fsp3) is 0.279. The molecule has 65 heavy (non-hydrogen) atoms. The molecule has 2 aliphatic rings. The average molecular weight is 941 g/mol. The van der Waals surface area contributed by atoms with E-state index in [4.69, 9.17) is 21.3 Å². The van der Waals surface area contributed by atoms with Crippen molar-refractivity contribution in [2.45, 2.75) is 50.3 Å². The lowest BCUT2D eigenvalue weighted by molar-refractivity contribution is -0.123. The van der Waals surface area contributed by atoms with Gasteiger partial charge in [-0.25, -0.2) is 31.0 Å². The molecule has 2 aliphatic carbocycles. The Kier molecular flexibility index (Phi) is 10.7. The van der Waals surface area contributed by atoms with Gasteiger partial charge in [-0.3, -0.25) is 28.2 Å². The molecule has 14 nitrogen and oxygen atoms in total. The van der Waals surface area contributed by atoms with Gasteiger partial charge in [0.1, 0.15) is 41.1 Å². The summed E-state index contributed by atoms with van der Waals surface area (Å²) < 4.78 is 124. The molecule has 7 aromatic rings. The lowest BCUT2D eigenvalue weighted by Crippen LogP contribution is -2.38. The van der Waals surface area contributed by atoms with Crippen molar-refractivity contribution in [1.82, 2.24) is 34.4 Å². The average Bonchev–Trinajstić information content (AvgIpc) is 3.78. The van der Waals surface area contributed by atoms with Crippen LogP contribution in [0.25, 0.3) is 38.6 Å². The zero-order valence-electron chi connectivity index (χ0n) is 34.2. The lowest BCUT2D eigenvalue weighted by Gasteiger charge is -2.24. The van der Waals surface area contributed by atoms with E-state index >= 15 is 13.6 Å². The Balaban J connectivity index is 1.27. The van der Waals surface area contributed by atoms with Crippen LogP contribution in [0.4, 0.5) is 32.2 Å². The van der Waals surface area contributed by atoms with Gasteiger partial charge in [0.05, 0.1) is 58.5 Å². The van der Waals surface area contributed by atoms with E-state index in [1.807, 2.05) is 0 Å². The Bertz CT molecular complexity index is 3280. The van der Waals surface area contributed by atoms with Crippen LogP contribution in [0.15, 0.2) is 71.5 Å². The molecule has 4 aromatic carbocycles. The van der Waals surface area contributed by atoms with Gasteiger partial charge in [-0.2, -0.15) is 19.0 Å². The van der Waals surface area contributed by atoms with Crippen molar-refractivity contribution >= 4 is 55.2 Å². The minimum absolute atomic E-state index is 0.00520. The molecule has 3 N–H and O–H groups in total. The first kappa shape index (κ1) is 43.8. The molecule has 1 saturated carbocycles. The number of anilines is 1. The molecule has 3 aromatic heterocycles. The molecular formula is C43H35ClF6N8O6S. The summed E-state index contributed by atoms with van der Waals surface area (Å²) in [4.78, 5) is 34.2. The van der Waals surface area contributed by atoms with E-state index in [2.05, 4.69) is 20.2 Å². The van der Waals surface area contributed by atoms with Gasteiger partial charge in [-0.15, -0.1) is 0 Å². The summed E-state index contributed by atoms with van der Waals surface area (Å²) in [5, 5.41) is 21.0. The minimum atomic E-state index is -3.93. The van der Waals surface area contributed by atoms with Crippen molar-refractivity contribution < 1.29 is 49.4 Å². The van der Waals surface area contributed by atoms with Gasteiger partial charge in [-0.05, 0) is 83.1 Å². The number of sulfonamides is 1. The van der Waals surface area contributed by atoms with Gasteiger partial charge in [0, 0.05) is 31.0 Å². The number of aryl methyl sites for hydroxylation is 1. The van der Waals surface area contributed by atoms with Crippen LogP contribution in [0.1, 0.15) is 58.7 Å². The van der Waals surface area contributed by atoms with Gasteiger partial charge in [0.2, 0.25) is 15.9 Å². The molecule has 1 amide bonds. The number of alkyl halides is 4. The summed E-state index contributed by atoms with van der Waals surface area (Å²) in [7, 11) is -1.03. The Morgan fingerprint density at radius 1 is 1.05 bits per heavy atom. The van der Waals surface area contributed by atoms with E-state index in [-0.39, 0.29) is 61.7 Å². The third-order valence-electron chi connectivity index (χ3n) is 11.6. The molecule has 3 atom stereocenters. The van der Waals surface area contributed by atoms with E-state index in [0.29, 0.717) is 33.2 Å². The van der Waals surface area contributed by atoms with Crippen LogP contribution in [0, 0.1) is 17.6 Å². The van der Waals surface area contributed by atoms with Gasteiger partial charge in [0.25, 0.3) is 17.9 Å². The topological polar surface area (TPSA) is 175 Å². The van der Waals surface area contributed by atoms with Crippen LogP contribution in [0.5, 0.6) is 5.75 Å². The minimum Gasteiger partial charge on any atom is -0.497 e. The second-order valence-electron chi connectivity index (χ2n) is 15.9. The number of halogens is 7. The molecule has 0 saturated heterocycles. The molecule has 0 spiro atoms. The highest BCUT2D eigenvalue weighted by molar-refractivity contribution is 7.92. The second-order valence-corrected chi connectivity index (χ2v) is 18.1. The molecule has 0 radical (unpaired) electrons. The second kappa shape index (κ2) is 15.9. The largest absolute Gasteiger partial charge is 0.497 e. The molecule has 0 aliphatic heterocycles. The third-order valence-corrected chi connectivity index (χ3v) is 12.5. The smallest absolute Gasteiger partial charge is 0.293 e. The number of nitrogens with zero attached hydrogens (tertiary/aromatic N) is 6. The number of fused-ring (bicyclic) bond motifs is 5. The number of rotatable bonds is 13. The first-order valence-corrected chi connectivity index (χ1v) is 22.0. The molecule has 0 bridgehead atoms. The normalized spacial score (nSPS) is 16.8. The van der Waals surface area contributed by atoms with Crippen molar-refractivity contribution in [1.29, 1.82) is 0 Å². The number of hydrogen-bond acceptors (Lipinski definition) is 9. The van der Waals surface area contributed by atoms with Crippen LogP contribution in [-0.4, -0.2) is 61.9 Å². The zero-order valence-corrected chi connectivity index (χ0v) is 35.8. The Morgan fingerprint density at radius 3 is 2.46 bits per heavy atom. The number of carbonyl (C=O) groups excluding carboxylic acids is 1. The molecule has 22 heteroatoms. The third kappa shape index (κ3) is 7.73. The predicted molar refractivity (Wildman–Crippen MR) is 226 cm³/mol. The van der Waals surface area contributed by atoms with Gasteiger partial charge >= 0.3 is 0 Å². The number of carbonyl (C=O) groups is 1. The quantitative estimate of drug-likeness (QED) is 0.101. The number of hydrogen-bond donors (Lipinski definition) is 3. The van der Waals surface area contributed by atoms with Crippen molar-refractivity contribution in [2.24, 2.45) is 13.0 Å².